The van der Waals surface area contributed by atoms with Gasteiger partial charge in [-0.05, 0) is 13.3 Å². The number of aryl methyl sites for hydroxylation is 1. The lowest BCUT2D eigenvalue weighted by Gasteiger charge is -1.99. The van der Waals surface area contributed by atoms with Gasteiger partial charge in [0.1, 0.15) is 0 Å². The minimum absolute atomic E-state index is 0.369. The molecule has 0 bridgehead atoms. The lowest BCUT2D eigenvalue weighted by molar-refractivity contribution is 0.0592. The van der Waals surface area contributed by atoms with E-state index >= 15 is 0 Å². The zero-order valence-corrected chi connectivity index (χ0v) is 9.26. The van der Waals surface area contributed by atoms with Crippen LogP contribution in [-0.4, -0.2) is 28.7 Å². The highest BCUT2D eigenvalue weighted by Gasteiger charge is 2.19. The number of halogens is 1. The van der Waals surface area contributed by atoms with Crippen LogP contribution >= 0.6 is 11.6 Å². The molecule has 0 N–H and O–H groups in total. The molecule has 1 aromatic rings. The molecule has 1 rings (SSSR count). The molecule has 78 valence electrons. The lowest BCUT2D eigenvalue weighted by atomic mass is 10.1. The smallest absolute Gasteiger partial charge is 0.358 e. The van der Waals surface area contributed by atoms with Crippen molar-refractivity contribution in [3.05, 3.63) is 17.0 Å². The number of esters is 1. The third kappa shape index (κ3) is 1.90. The lowest BCUT2D eigenvalue weighted by Crippen LogP contribution is -2.06. The van der Waals surface area contributed by atoms with Crippen molar-refractivity contribution >= 4 is 17.6 Å². The van der Waals surface area contributed by atoms with Gasteiger partial charge in [-0.2, -0.15) is 5.10 Å². The van der Waals surface area contributed by atoms with E-state index in [-0.39, 0.29) is 0 Å². The summed E-state index contributed by atoms with van der Waals surface area (Å²) in [4.78, 5) is 11.3. The van der Waals surface area contributed by atoms with Gasteiger partial charge in [-0.25, -0.2) is 4.79 Å². The maximum Gasteiger partial charge on any atom is 0.358 e. The Morgan fingerprint density at radius 2 is 2.29 bits per heavy atom. The van der Waals surface area contributed by atoms with Crippen LogP contribution in [0.5, 0.6) is 0 Å². The van der Waals surface area contributed by atoms with Crippen molar-refractivity contribution < 1.29 is 9.53 Å². The van der Waals surface area contributed by atoms with E-state index in [4.69, 9.17) is 11.6 Å². The predicted octanol–water partition coefficient (Wildman–Crippen LogP) is 1.30. The van der Waals surface area contributed by atoms with Gasteiger partial charge in [0.15, 0.2) is 5.69 Å². The molecule has 1 heterocycles. The van der Waals surface area contributed by atoms with Crippen LogP contribution in [0.4, 0.5) is 0 Å². The maximum absolute atomic E-state index is 11.3. The fourth-order valence-corrected chi connectivity index (χ4v) is 1.50. The molecule has 5 heteroatoms. The fraction of sp³-hybridized carbons (Fsp3) is 0.556. The Kier molecular flexibility index (Phi) is 3.52. The summed E-state index contributed by atoms with van der Waals surface area (Å²) in [5.74, 6) is 0.0603. The van der Waals surface area contributed by atoms with Crippen LogP contribution < -0.4 is 0 Å². The van der Waals surface area contributed by atoms with E-state index in [0.29, 0.717) is 18.0 Å². The van der Waals surface area contributed by atoms with Crippen LogP contribution in [0.1, 0.15) is 21.7 Å². The predicted molar refractivity (Wildman–Crippen MR) is 53.7 cm³/mol. The van der Waals surface area contributed by atoms with Crippen molar-refractivity contribution in [3.63, 3.8) is 0 Å². The number of rotatable bonds is 3. The van der Waals surface area contributed by atoms with Gasteiger partial charge >= 0.3 is 5.97 Å². The average molecular weight is 217 g/mol. The second kappa shape index (κ2) is 4.46. The summed E-state index contributed by atoms with van der Waals surface area (Å²) in [6, 6.07) is 0. The largest absolute Gasteiger partial charge is 0.464 e. The van der Waals surface area contributed by atoms with Crippen LogP contribution in [0.25, 0.3) is 0 Å². The van der Waals surface area contributed by atoms with Crippen molar-refractivity contribution in [2.45, 2.75) is 13.3 Å². The molecule has 0 aliphatic heterocycles. The number of ether oxygens (including phenoxy) is 1. The monoisotopic (exact) mass is 216 g/mol. The number of aromatic nitrogens is 2. The summed E-state index contributed by atoms with van der Waals surface area (Å²) in [5.41, 5.74) is 2.19. The molecule has 0 saturated heterocycles. The van der Waals surface area contributed by atoms with Crippen LogP contribution in [-0.2, 0) is 18.2 Å². The first-order valence-corrected chi connectivity index (χ1v) is 4.82. The van der Waals surface area contributed by atoms with Gasteiger partial charge in [0, 0.05) is 24.2 Å². The number of alkyl halides is 1. The average Bonchev–Trinajstić information content (AvgIpc) is 2.45. The molecule has 0 unspecified atom stereocenters. The second-order valence-electron chi connectivity index (χ2n) is 2.97. The highest BCUT2D eigenvalue weighted by Crippen LogP contribution is 2.15. The molecular weight excluding hydrogens is 204 g/mol. The standard InChI is InChI=1S/C9H13ClN2O2/c1-6-7(4-5-10)8(9(13)14-3)11-12(6)2/h4-5H2,1-3H3. The molecule has 4 nitrogen and oxygen atoms in total. The third-order valence-corrected chi connectivity index (χ3v) is 2.37. The van der Waals surface area contributed by atoms with E-state index in [1.54, 1.807) is 11.7 Å². The topological polar surface area (TPSA) is 44.1 Å². The summed E-state index contributed by atoms with van der Waals surface area (Å²) >= 11 is 5.65. The zero-order chi connectivity index (χ0) is 10.7. The first-order chi connectivity index (χ1) is 6.61. The van der Waals surface area contributed by atoms with Crippen LogP contribution in [0, 0.1) is 6.92 Å². The number of carbonyl (C=O) groups is 1. The zero-order valence-electron chi connectivity index (χ0n) is 8.50. The van der Waals surface area contributed by atoms with Gasteiger partial charge in [-0.3, -0.25) is 4.68 Å². The molecule has 0 atom stereocenters. The maximum atomic E-state index is 11.3. The van der Waals surface area contributed by atoms with Crippen molar-refractivity contribution in [2.75, 3.05) is 13.0 Å². The molecule has 0 saturated carbocycles. The number of carbonyl (C=O) groups excluding carboxylic acids is 1. The van der Waals surface area contributed by atoms with Gasteiger partial charge in [0.2, 0.25) is 0 Å². The minimum Gasteiger partial charge on any atom is -0.464 e. The van der Waals surface area contributed by atoms with E-state index < -0.39 is 5.97 Å². The Hall–Kier alpha value is -1.03. The van der Waals surface area contributed by atoms with Crippen molar-refractivity contribution in [2.24, 2.45) is 7.05 Å². The summed E-state index contributed by atoms with van der Waals surface area (Å²) in [6.07, 6.45) is 0.631. The Bertz CT molecular complexity index is 347. The van der Waals surface area contributed by atoms with Gasteiger partial charge in [-0.15, -0.1) is 11.6 Å². The Balaban J connectivity index is 3.14. The quantitative estimate of drug-likeness (QED) is 0.565. The summed E-state index contributed by atoms with van der Waals surface area (Å²) in [7, 11) is 3.14. The Morgan fingerprint density at radius 3 is 2.79 bits per heavy atom. The van der Waals surface area contributed by atoms with E-state index in [2.05, 4.69) is 9.84 Å². The van der Waals surface area contributed by atoms with E-state index in [1.165, 1.54) is 7.11 Å². The Labute approximate surface area is 87.8 Å². The number of hydrogen-bond donors (Lipinski definition) is 0. The second-order valence-corrected chi connectivity index (χ2v) is 3.34. The molecule has 0 amide bonds. The van der Waals surface area contributed by atoms with Crippen molar-refractivity contribution in [1.29, 1.82) is 0 Å². The van der Waals surface area contributed by atoms with Gasteiger partial charge < -0.3 is 4.74 Å². The molecule has 1 aromatic heterocycles. The van der Waals surface area contributed by atoms with Crippen LogP contribution in [0.2, 0.25) is 0 Å². The Morgan fingerprint density at radius 1 is 1.64 bits per heavy atom. The van der Waals surface area contributed by atoms with Gasteiger partial charge in [-0.1, -0.05) is 0 Å². The highest BCUT2D eigenvalue weighted by molar-refractivity contribution is 6.18. The number of hydrogen-bond acceptors (Lipinski definition) is 3. The SMILES string of the molecule is COC(=O)c1nn(C)c(C)c1CCCl. The molecule has 0 spiro atoms. The normalized spacial score (nSPS) is 10.3. The summed E-state index contributed by atoms with van der Waals surface area (Å²) < 4.78 is 6.29. The summed E-state index contributed by atoms with van der Waals surface area (Å²) in [5, 5.41) is 4.08. The molecular formula is C9H13ClN2O2. The minimum atomic E-state index is -0.409. The molecule has 14 heavy (non-hydrogen) atoms. The number of nitrogens with zero attached hydrogens (tertiary/aromatic N) is 2. The van der Waals surface area contributed by atoms with Crippen molar-refractivity contribution in [1.82, 2.24) is 9.78 Å². The van der Waals surface area contributed by atoms with Crippen molar-refractivity contribution in [3.8, 4) is 0 Å². The fourth-order valence-electron chi connectivity index (χ4n) is 1.31. The number of methoxy groups -OCH3 is 1. The first-order valence-electron chi connectivity index (χ1n) is 4.28. The molecule has 0 aliphatic carbocycles. The molecule has 0 aromatic carbocycles. The highest BCUT2D eigenvalue weighted by atomic mass is 35.5. The van der Waals surface area contributed by atoms with Gasteiger partial charge in [0.05, 0.1) is 7.11 Å². The summed E-state index contributed by atoms with van der Waals surface area (Å²) in [6.45, 7) is 1.90. The van der Waals surface area contributed by atoms with Crippen LogP contribution in [0.3, 0.4) is 0 Å². The van der Waals surface area contributed by atoms with Crippen LogP contribution in [0.15, 0.2) is 0 Å². The molecule has 0 radical (unpaired) electrons. The first kappa shape index (κ1) is 11.0. The van der Waals surface area contributed by atoms with E-state index in [1.807, 2.05) is 6.92 Å². The van der Waals surface area contributed by atoms with Gasteiger partial charge in [0.25, 0.3) is 0 Å². The molecule has 0 fully saturated rings. The van der Waals surface area contributed by atoms with E-state index in [9.17, 15) is 4.79 Å². The third-order valence-electron chi connectivity index (χ3n) is 2.18. The van der Waals surface area contributed by atoms with E-state index in [0.717, 1.165) is 11.3 Å². The molecule has 0 aliphatic rings.